The van der Waals surface area contributed by atoms with Gasteiger partial charge in [-0.15, -0.1) is 0 Å². The predicted molar refractivity (Wildman–Crippen MR) is 198 cm³/mol. The van der Waals surface area contributed by atoms with Gasteiger partial charge in [0, 0.05) is 5.56 Å². The van der Waals surface area contributed by atoms with Crippen LogP contribution in [0.1, 0.15) is 63.1 Å². The van der Waals surface area contributed by atoms with Crippen molar-refractivity contribution >= 4 is 34.7 Å². The molecule has 1 atom stereocenters. The van der Waals surface area contributed by atoms with E-state index in [-0.39, 0.29) is 18.6 Å². The van der Waals surface area contributed by atoms with Crippen LogP contribution in [0.15, 0.2) is 120 Å². The molecule has 1 aliphatic rings. The molecule has 9 heteroatoms. The van der Waals surface area contributed by atoms with E-state index in [0.717, 1.165) is 65.3 Å². The monoisotopic (exact) mass is 689 g/mol. The molecule has 6 nitrogen and oxygen atoms in total. The molecule has 48 heavy (non-hydrogen) atoms. The molecule has 1 unspecified atom stereocenters. The van der Waals surface area contributed by atoms with Gasteiger partial charge in [0.1, 0.15) is 0 Å². The molecule has 0 saturated heterocycles. The third-order valence-corrected chi connectivity index (χ3v) is 14.3. The Bertz CT molecular complexity index is 1520. The van der Waals surface area contributed by atoms with Crippen molar-refractivity contribution in [1.82, 2.24) is 10.6 Å². The Hall–Kier alpha value is -3.93. The molecule has 5 rings (SSSR count). The van der Waals surface area contributed by atoms with Crippen LogP contribution in [0.25, 0.3) is 0 Å². The third-order valence-electron chi connectivity index (χ3n) is 9.06. The normalized spacial score (nSPS) is 15.1. The fraction of sp³-hybridized carbons (Fsp3) is 0.333. The fourth-order valence-corrected chi connectivity index (χ4v) is 11.3. The van der Waals surface area contributed by atoms with Gasteiger partial charge in [0.25, 0.3) is 5.96 Å². The quantitative estimate of drug-likeness (QED) is 0.0953. The van der Waals surface area contributed by atoms with Crippen LogP contribution in [0.2, 0.25) is 0 Å². The SMILES string of the molecule is C[N+](C)=C1NC(N)=NC(c2ccc(OCCCCCCCCCCP(F)(c3ccccc3)(c3ccccc3)c3ccccc3)cc2)N1.[Cl-]. The topological polar surface area (TPSA) is 74.7 Å². The molecule has 0 aliphatic carbocycles. The second-order valence-electron chi connectivity index (χ2n) is 12.6. The molecule has 1 aliphatic heterocycles. The van der Waals surface area contributed by atoms with Crippen LogP contribution in [0.5, 0.6) is 5.75 Å². The molecule has 1 heterocycles. The molecule has 0 radical (unpaired) electrons. The summed E-state index contributed by atoms with van der Waals surface area (Å²) in [5.74, 6) is 2.07. The van der Waals surface area contributed by atoms with E-state index in [9.17, 15) is 0 Å². The average Bonchev–Trinajstić information content (AvgIpc) is 3.11. The van der Waals surface area contributed by atoms with Crippen LogP contribution in [0, 0.1) is 0 Å². The van der Waals surface area contributed by atoms with Gasteiger partial charge < -0.3 is 18.1 Å². The van der Waals surface area contributed by atoms with E-state index in [2.05, 4.69) is 15.6 Å². The summed E-state index contributed by atoms with van der Waals surface area (Å²) < 4.78 is 26.4. The number of unbranched alkanes of at least 4 members (excludes halogenated alkanes) is 7. The minimum absolute atomic E-state index is 0. The number of benzene rings is 4. The van der Waals surface area contributed by atoms with E-state index in [1.54, 1.807) is 0 Å². The van der Waals surface area contributed by atoms with Gasteiger partial charge in [-0.25, -0.2) is 5.32 Å². The first-order valence-electron chi connectivity index (χ1n) is 16.9. The number of nitrogens with one attached hydrogen (secondary N) is 2. The number of hydrogen-bond donors (Lipinski definition) is 3. The van der Waals surface area contributed by atoms with Gasteiger partial charge in [-0.05, 0) is 24.3 Å². The predicted octanol–water partition coefficient (Wildman–Crippen LogP) is 3.74. The van der Waals surface area contributed by atoms with Gasteiger partial charge in [0.05, 0.1) is 14.1 Å². The first-order chi connectivity index (χ1) is 22.9. The maximum Gasteiger partial charge on any atom is -0.0195 e. The second-order valence-corrected chi connectivity index (χ2v) is 17.0. The van der Waals surface area contributed by atoms with Gasteiger partial charge in [-0.3, -0.25) is 9.89 Å². The molecule has 0 saturated carbocycles. The van der Waals surface area contributed by atoms with Crippen molar-refractivity contribution in [3.63, 3.8) is 0 Å². The smallest absolute Gasteiger partial charge is 0.0195 e. The number of hydrogen-bond acceptors (Lipinski definition) is 3. The van der Waals surface area contributed by atoms with Crippen LogP contribution < -0.4 is 49.4 Å². The maximum absolute atomic E-state index is 18.5. The van der Waals surface area contributed by atoms with Gasteiger partial charge in [0.2, 0.25) is 0 Å². The standard InChI is InChI=1S/C39H49FN5OP.ClH/c1-45(2)39-43-37(42-38(41)44-39)32-26-28-33(29-27-32)46-30-18-7-5-3-4-6-8-19-31-47(40,34-20-12-9-13-21-34,35-22-14-10-15-23-35)36-24-16-11-17-25-36;/h9-17,20-29,37H,3-8,18-19,30-31H2,1-2H3,(H3,41,42,43,44);1H. The summed E-state index contributed by atoms with van der Waals surface area (Å²) in [6.07, 6.45) is 9.06. The van der Waals surface area contributed by atoms with Crippen molar-refractivity contribution in [1.29, 1.82) is 0 Å². The first-order valence-corrected chi connectivity index (χ1v) is 19.2. The third kappa shape index (κ3) is 8.75. The largest absolute Gasteiger partial charge is 1.00 e. The number of ether oxygens (including phenoxy) is 1. The van der Waals surface area contributed by atoms with Crippen molar-refractivity contribution in [3.8, 4) is 5.75 Å². The molecule has 4 aromatic carbocycles. The number of rotatable bonds is 16. The summed E-state index contributed by atoms with van der Waals surface area (Å²) >= 11 is 0. The van der Waals surface area contributed by atoms with Crippen molar-refractivity contribution in [2.75, 3.05) is 26.9 Å². The fourth-order valence-electron chi connectivity index (χ4n) is 6.45. The molecule has 4 N–H and O–H groups in total. The molecule has 4 aromatic rings. The molecular formula is C39H50ClFN5OP. The molecule has 0 spiro atoms. The minimum atomic E-state index is -4.11. The number of nitrogens with zero attached hydrogens (tertiary/aromatic N) is 2. The summed E-state index contributed by atoms with van der Waals surface area (Å²) in [5, 5.41) is 8.85. The Kier molecular flexibility index (Phi) is 13.4. The van der Waals surface area contributed by atoms with Gasteiger partial charge in [-0.2, -0.15) is 4.99 Å². The van der Waals surface area contributed by atoms with Crippen LogP contribution in [-0.4, -0.2) is 43.4 Å². The zero-order valence-corrected chi connectivity index (χ0v) is 29.9. The van der Waals surface area contributed by atoms with Gasteiger partial charge >= 0.3 is 199 Å². The first kappa shape index (κ1) is 36.9. The van der Waals surface area contributed by atoms with Gasteiger partial charge in [0.15, 0.2) is 6.17 Å². The van der Waals surface area contributed by atoms with Crippen molar-refractivity contribution in [2.24, 2.45) is 10.7 Å². The van der Waals surface area contributed by atoms with Crippen LogP contribution in [-0.2, 0) is 0 Å². The summed E-state index contributed by atoms with van der Waals surface area (Å²) in [4.78, 5) is 4.46. The van der Waals surface area contributed by atoms with Crippen LogP contribution in [0.4, 0.5) is 4.20 Å². The zero-order valence-electron chi connectivity index (χ0n) is 28.2. The summed E-state index contributed by atoms with van der Waals surface area (Å²) in [6.45, 7) is -3.41. The molecule has 0 bridgehead atoms. The summed E-state index contributed by atoms with van der Waals surface area (Å²) in [7, 11) is 3.89. The Morgan fingerprint density at radius 1 is 0.688 bits per heavy atom. The minimum Gasteiger partial charge on any atom is -1.00 e. The summed E-state index contributed by atoms with van der Waals surface area (Å²) in [5.41, 5.74) is 6.99. The number of guanidine groups is 2. The van der Waals surface area contributed by atoms with E-state index in [1.807, 2.05) is 134 Å². The Balaban J connectivity index is 0.00000520. The van der Waals surface area contributed by atoms with Crippen LogP contribution in [0.3, 0.4) is 0 Å². The van der Waals surface area contributed by atoms with Crippen molar-refractivity contribution in [3.05, 3.63) is 121 Å². The number of aliphatic imine (C=N–C) groups is 1. The second kappa shape index (κ2) is 17.5. The molecule has 0 aromatic heterocycles. The van der Waals surface area contributed by atoms with Gasteiger partial charge in [-0.1, -0.05) is 0 Å². The number of nitrogens with two attached hydrogens (primary N) is 1. The molecule has 0 fully saturated rings. The van der Waals surface area contributed by atoms with E-state index in [4.69, 9.17) is 10.5 Å². The average molecular weight is 690 g/mol. The van der Waals surface area contributed by atoms with E-state index in [0.29, 0.717) is 18.7 Å². The Labute approximate surface area is 292 Å². The van der Waals surface area contributed by atoms with Crippen LogP contribution >= 0.6 is 6.91 Å². The molecular weight excluding hydrogens is 640 g/mol. The van der Waals surface area contributed by atoms with Crippen molar-refractivity contribution < 1.29 is 25.9 Å². The summed E-state index contributed by atoms with van der Waals surface area (Å²) in [6, 6.07) is 37.8. The van der Waals surface area contributed by atoms with Crippen molar-refractivity contribution in [2.45, 2.75) is 57.5 Å². The van der Waals surface area contributed by atoms with E-state index < -0.39 is 6.91 Å². The number of halogens is 2. The Morgan fingerprint density at radius 3 is 1.62 bits per heavy atom. The maximum atomic E-state index is 18.5. The Morgan fingerprint density at radius 2 is 1.15 bits per heavy atom. The molecule has 256 valence electrons. The van der Waals surface area contributed by atoms with E-state index >= 15 is 4.20 Å². The molecule has 0 amide bonds. The zero-order chi connectivity index (χ0) is 33.0. The van der Waals surface area contributed by atoms with E-state index in [1.165, 1.54) is 19.3 Å².